The molecule has 4 saturated carbocycles. The first-order chi connectivity index (χ1) is 11.9. The number of H-pyrrole nitrogens is 1. The van der Waals surface area contributed by atoms with Crippen LogP contribution in [-0.4, -0.2) is 26.7 Å². The number of aromatic nitrogens is 2. The smallest absolute Gasteiger partial charge is 0.330 e. The summed E-state index contributed by atoms with van der Waals surface area (Å²) in [5.74, 6) is 0.540. The Bertz CT molecular complexity index is 840. The standard InChI is InChI=1S/C17H24N4O4/c1-2-3-21-13(18)11(14(23)20-16(21)25)19-15(24)17-5-8-4-9(6-17)12(22)10(8)7-17/h8-10,12,22H,2-7,18H2,1H3,(H,19,24)(H,20,23,25). The average Bonchev–Trinajstić information content (AvgIpc) is 2.96. The average molecular weight is 348 g/mol. The van der Waals surface area contributed by atoms with E-state index < -0.39 is 16.7 Å². The lowest BCUT2D eigenvalue weighted by Crippen LogP contribution is -2.44. The minimum absolute atomic E-state index is 0.00380. The number of amides is 1. The van der Waals surface area contributed by atoms with Crippen LogP contribution in [0.25, 0.3) is 0 Å². The Morgan fingerprint density at radius 1 is 1.36 bits per heavy atom. The fraction of sp³-hybridized carbons (Fsp3) is 0.706. The van der Waals surface area contributed by atoms with Crippen molar-refractivity contribution in [3.05, 3.63) is 20.8 Å². The Balaban J connectivity index is 1.64. The summed E-state index contributed by atoms with van der Waals surface area (Å²) in [7, 11) is 0. The number of hydrogen-bond donors (Lipinski definition) is 4. The molecule has 25 heavy (non-hydrogen) atoms. The Morgan fingerprint density at radius 3 is 2.72 bits per heavy atom. The van der Waals surface area contributed by atoms with Gasteiger partial charge in [0.15, 0.2) is 0 Å². The van der Waals surface area contributed by atoms with Gasteiger partial charge < -0.3 is 16.2 Å². The van der Waals surface area contributed by atoms with E-state index >= 15 is 0 Å². The molecule has 0 aromatic carbocycles. The lowest BCUT2D eigenvalue weighted by molar-refractivity contribution is -0.130. The highest BCUT2D eigenvalue weighted by atomic mass is 16.3. The Hall–Kier alpha value is -2.09. The third-order valence-electron chi connectivity index (χ3n) is 6.47. The van der Waals surface area contributed by atoms with Crippen LogP contribution in [0.4, 0.5) is 11.5 Å². The number of aliphatic hydroxyl groups excluding tert-OH is 1. The maximum Gasteiger partial charge on any atom is 0.330 e. The van der Waals surface area contributed by atoms with Gasteiger partial charge in [-0.25, -0.2) is 4.79 Å². The number of nitrogens with zero attached hydrogens (tertiary/aromatic N) is 1. The molecular weight excluding hydrogens is 324 g/mol. The first-order valence-electron chi connectivity index (χ1n) is 8.98. The molecule has 4 bridgehead atoms. The summed E-state index contributed by atoms with van der Waals surface area (Å²) in [5, 5.41) is 13.0. The normalized spacial score (nSPS) is 35.3. The van der Waals surface area contributed by atoms with Crippen molar-refractivity contribution < 1.29 is 9.90 Å². The van der Waals surface area contributed by atoms with Gasteiger partial charge in [0, 0.05) is 6.54 Å². The first kappa shape index (κ1) is 16.4. The molecule has 0 saturated heterocycles. The molecule has 0 radical (unpaired) electrons. The Kier molecular flexibility index (Phi) is 3.57. The second-order valence-corrected chi connectivity index (χ2v) is 7.93. The largest absolute Gasteiger partial charge is 0.393 e. The van der Waals surface area contributed by atoms with E-state index in [1.54, 1.807) is 0 Å². The highest BCUT2D eigenvalue weighted by molar-refractivity contribution is 5.97. The van der Waals surface area contributed by atoms with Crippen LogP contribution in [0, 0.1) is 23.2 Å². The molecule has 4 aliphatic rings. The molecule has 136 valence electrons. The lowest BCUT2D eigenvalue weighted by atomic mass is 9.68. The van der Waals surface area contributed by atoms with Gasteiger partial charge in [-0.2, -0.15) is 0 Å². The minimum Gasteiger partial charge on any atom is -0.393 e. The van der Waals surface area contributed by atoms with E-state index in [1.165, 1.54) is 4.57 Å². The Labute approximate surface area is 144 Å². The second-order valence-electron chi connectivity index (χ2n) is 7.93. The van der Waals surface area contributed by atoms with Crippen molar-refractivity contribution in [3.63, 3.8) is 0 Å². The third kappa shape index (κ3) is 2.27. The highest BCUT2D eigenvalue weighted by Crippen LogP contribution is 2.64. The van der Waals surface area contributed by atoms with E-state index in [9.17, 15) is 19.5 Å². The van der Waals surface area contributed by atoms with Crippen molar-refractivity contribution in [1.29, 1.82) is 0 Å². The summed E-state index contributed by atoms with van der Waals surface area (Å²) in [5.41, 5.74) is 4.18. The molecule has 8 heteroatoms. The van der Waals surface area contributed by atoms with Crippen molar-refractivity contribution in [1.82, 2.24) is 9.55 Å². The predicted octanol–water partition coefficient (Wildman–Crippen LogP) is 0.264. The van der Waals surface area contributed by atoms with Crippen LogP contribution >= 0.6 is 0 Å². The van der Waals surface area contributed by atoms with Crippen LogP contribution in [0.3, 0.4) is 0 Å². The summed E-state index contributed by atoms with van der Waals surface area (Å²) in [6.45, 7) is 2.26. The number of nitrogens with two attached hydrogens (primary N) is 1. The van der Waals surface area contributed by atoms with Crippen molar-refractivity contribution in [2.24, 2.45) is 23.2 Å². The van der Waals surface area contributed by atoms with Gasteiger partial charge in [-0.15, -0.1) is 0 Å². The third-order valence-corrected chi connectivity index (χ3v) is 6.47. The molecule has 1 heterocycles. The number of carbonyl (C=O) groups is 1. The molecule has 4 fully saturated rings. The summed E-state index contributed by atoms with van der Waals surface area (Å²) in [4.78, 5) is 39.3. The van der Waals surface area contributed by atoms with Crippen molar-refractivity contribution >= 4 is 17.4 Å². The molecular formula is C17H24N4O4. The topological polar surface area (TPSA) is 130 Å². The van der Waals surface area contributed by atoms with Crippen molar-refractivity contribution in [2.45, 2.75) is 51.7 Å². The van der Waals surface area contributed by atoms with Crippen molar-refractivity contribution in [3.8, 4) is 0 Å². The van der Waals surface area contributed by atoms with E-state index in [2.05, 4.69) is 10.3 Å². The highest BCUT2D eigenvalue weighted by Gasteiger charge is 2.63. The molecule has 0 spiro atoms. The number of nitrogen functional groups attached to an aromatic ring is 1. The van der Waals surface area contributed by atoms with Gasteiger partial charge in [0.05, 0.1) is 11.5 Å². The number of aliphatic hydroxyl groups is 1. The van der Waals surface area contributed by atoms with Crippen LogP contribution in [0.2, 0.25) is 0 Å². The number of anilines is 2. The second kappa shape index (κ2) is 5.45. The van der Waals surface area contributed by atoms with Crippen LogP contribution in [-0.2, 0) is 11.3 Å². The predicted molar refractivity (Wildman–Crippen MR) is 92.0 cm³/mol. The SMILES string of the molecule is CCCn1c(N)c(NC(=O)C23CC4CC(C2)C(C3)C4O)c(=O)[nH]c1=O. The van der Waals surface area contributed by atoms with Gasteiger partial charge in [0.1, 0.15) is 11.5 Å². The van der Waals surface area contributed by atoms with Gasteiger partial charge in [-0.1, -0.05) is 6.92 Å². The number of aromatic amines is 1. The van der Waals surface area contributed by atoms with E-state index in [4.69, 9.17) is 5.73 Å². The fourth-order valence-electron chi connectivity index (χ4n) is 5.44. The zero-order chi connectivity index (χ0) is 17.9. The van der Waals surface area contributed by atoms with Gasteiger partial charge in [0.25, 0.3) is 5.56 Å². The monoisotopic (exact) mass is 348 g/mol. The van der Waals surface area contributed by atoms with Crippen LogP contribution < -0.4 is 22.3 Å². The van der Waals surface area contributed by atoms with Crippen LogP contribution in [0.15, 0.2) is 9.59 Å². The molecule has 5 unspecified atom stereocenters. The molecule has 8 nitrogen and oxygen atoms in total. The van der Waals surface area contributed by atoms with Gasteiger partial charge in [-0.3, -0.25) is 19.1 Å². The molecule has 1 amide bonds. The van der Waals surface area contributed by atoms with E-state index in [-0.39, 0.29) is 35.4 Å². The van der Waals surface area contributed by atoms with E-state index in [1.807, 2.05) is 6.92 Å². The quantitative estimate of drug-likeness (QED) is 0.620. The first-order valence-corrected chi connectivity index (χ1v) is 8.98. The molecule has 5 rings (SSSR count). The van der Waals surface area contributed by atoms with E-state index in [0.717, 1.165) is 12.8 Å². The van der Waals surface area contributed by atoms with Crippen LogP contribution in [0.1, 0.15) is 39.0 Å². The van der Waals surface area contributed by atoms with Gasteiger partial charge in [0.2, 0.25) is 5.91 Å². The number of hydrogen-bond acceptors (Lipinski definition) is 5. The number of rotatable bonds is 4. The number of nitrogens with one attached hydrogen (secondary N) is 2. The summed E-state index contributed by atoms with van der Waals surface area (Å²) in [6, 6.07) is 0. The molecule has 0 aliphatic heterocycles. The summed E-state index contributed by atoms with van der Waals surface area (Å²) >= 11 is 0. The zero-order valence-corrected chi connectivity index (χ0v) is 14.2. The van der Waals surface area contributed by atoms with E-state index in [0.29, 0.717) is 31.7 Å². The molecule has 5 atom stereocenters. The number of carbonyl (C=O) groups excluding carboxylic acids is 1. The maximum absolute atomic E-state index is 13.0. The minimum atomic E-state index is -0.671. The van der Waals surface area contributed by atoms with Crippen molar-refractivity contribution in [2.75, 3.05) is 11.1 Å². The molecule has 5 N–H and O–H groups in total. The molecule has 1 aromatic heterocycles. The van der Waals surface area contributed by atoms with Gasteiger partial charge >= 0.3 is 5.69 Å². The molecule has 1 aromatic rings. The fourth-order valence-corrected chi connectivity index (χ4v) is 5.44. The zero-order valence-electron chi connectivity index (χ0n) is 14.2. The summed E-state index contributed by atoms with van der Waals surface area (Å²) in [6.07, 6.45) is 3.44. The molecule has 4 aliphatic carbocycles. The maximum atomic E-state index is 13.0. The van der Waals surface area contributed by atoms with Gasteiger partial charge in [-0.05, 0) is 49.9 Å². The lowest BCUT2D eigenvalue weighted by Gasteiger charge is -2.38. The Morgan fingerprint density at radius 2 is 2.08 bits per heavy atom. The van der Waals surface area contributed by atoms with Crippen LogP contribution in [0.5, 0.6) is 0 Å². The summed E-state index contributed by atoms with van der Waals surface area (Å²) < 4.78 is 1.27.